The summed E-state index contributed by atoms with van der Waals surface area (Å²) in [5.74, 6) is -0.204. The largest absolute Gasteiger partial charge is 0.506 e. The first-order valence-electron chi connectivity index (χ1n) is 5.26. The number of phenols is 1. The summed E-state index contributed by atoms with van der Waals surface area (Å²) in [6, 6.07) is 8.31. The number of hydrogen-bond acceptors (Lipinski definition) is 3. The molecule has 8 heteroatoms. The van der Waals surface area contributed by atoms with E-state index in [2.05, 4.69) is 20.7 Å². The predicted octanol–water partition coefficient (Wildman–Crippen LogP) is 4.26. The van der Waals surface area contributed by atoms with Gasteiger partial charge in [-0.25, -0.2) is 8.42 Å². The quantitative estimate of drug-likeness (QED) is 0.814. The Labute approximate surface area is 134 Å². The van der Waals surface area contributed by atoms with Gasteiger partial charge in [0.25, 0.3) is 10.0 Å². The number of halogens is 3. The van der Waals surface area contributed by atoms with Crippen LogP contribution in [0.5, 0.6) is 5.75 Å². The Hall–Kier alpha value is -0.950. The zero-order valence-corrected chi connectivity index (χ0v) is 13.7. The average Bonchev–Trinajstić information content (AvgIpc) is 2.37. The molecule has 0 spiro atoms. The Balaban J connectivity index is 2.35. The smallest absolute Gasteiger partial charge is 0.261 e. The summed E-state index contributed by atoms with van der Waals surface area (Å²) < 4.78 is 27.2. The molecule has 0 unspecified atom stereocenters. The number of hydrogen-bond donors (Lipinski definition) is 2. The van der Waals surface area contributed by atoms with Gasteiger partial charge in [-0.05, 0) is 46.3 Å². The zero-order chi connectivity index (χ0) is 14.9. The molecule has 0 fully saturated rings. The van der Waals surface area contributed by atoms with Gasteiger partial charge in [0.15, 0.2) is 0 Å². The van der Waals surface area contributed by atoms with Crippen LogP contribution in [0.25, 0.3) is 0 Å². The topological polar surface area (TPSA) is 66.4 Å². The van der Waals surface area contributed by atoms with E-state index in [1.165, 1.54) is 36.4 Å². The summed E-state index contributed by atoms with van der Waals surface area (Å²) in [6.07, 6.45) is 0. The second kappa shape index (κ2) is 5.81. The summed E-state index contributed by atoms with van der Waals surface area (Å²) in [7, 11) is -3.78. The maximum Gasteiger partial charge on any atom is 0.261 e. The average molecular weight is 397 g/mol. The molecule has 2 rings (SSSR count). The lowest BCUT2D eigenvalue weighted by Gasteiger charge is -2.09. The molecule has 106 valence electrons. The first-order valence-corrected chi connectivity index (χ1v) is 8.29. The molecule has 2 aromatic rings. The molecule has 0 saturated heterocycles. The van der Waals surface area contributed by atoms with Crippen LogP contribution in [0.1, 0.15) is 0 Å². The van der Waals surface area contributed by atoms with Gasteiger partial charge in [0, 0.05) is 10.5 Å². The van der Waals surface area contributed by atoms with E-state index in [9.17, 15) is 13.5 Å². The lowest BCUT2D eigenvalue weighted by Crippen LogP contribution is -2.12. The van der Waals surface area contributed by atoms with Crippen molar-refractivity contribution in [2.24, 2.45) is 0 Å². The Bertz CT molecular complexity index is 765. The van der Waals surface area contributed by atoms with Gasteiger partial charge in [0.05, 0.1) is 20.6 Å². The molecule has 0 aliphatic heterocycles. The number of aromatic hydroxyl groups is 1. The van der Waals surface area contributed by atoms with Crippen molar-refractivity contribution >= 4 is 54.8 Å². The number of benzene rings is 2. The van der Waals surface area contributed by atoms with Crippen molar-refractivity contribution in [2.45, 2.75) is 4.90 Å². The van der Waals surface area contributed by atoms with Gasteiger partial charge in [0.1, 0.15) is 5.75 Å². The highest BCUT2D eigenvalue weighted by Crippen LogP contribution is 2.29. The standard InChI is InChI=1S/C12H8BrCl2NO3S/c13-9-6-8(2-4-10(9)14)20(18,19)16-7-1-3-11(15)12(17)5-7/h1-6,16-17H. The molecule has 2 aromatic carbocycles. The fourth-order valence-corrected chi connectivity index (χ4v) is 3.27. The van der Waals surface area contributed by atoms with Crippen LogP contribution in [-0.4, -0.2) is 13.5 Å². The van der Waals surface area contributed by atoms with Crippen molar-refractivity contribution < 1.29 is 13.5 Å². The minimum Gasteiger partial charge on any atom is -0.506 e. The SMILES string of the molecule is O=S(=O)(Nc1ccc(Cl)c(O)c1)c1ccc(Cl)c(Br)c1. The van der Waals surface area contributed by atoms with E-state index < -0.39 is 10.0 Å². The third kappa shape index (κ3) is 3.38. The van der Waals surface area contributed by atoms with Crippen molar-refractivity contribution in [3.8, 4) is 5.75 Å². The van der Waals surface area contributed by atoms with Crippen LogP contribution in [0.15, 0.2) is 45.8 Å². The number of rotatable bonds is 3. The second-order valence-corrected chi connectivity index (χ2v) is 7.20. The highest BCUT2D eigenvalue weighted by molar-refractivity contribution is 9.10. The lowest BCUT2D eigenvalue weighted by atomic mass is 10.3. The number of phenolic OH excluding ortho intramolecular Hbond substituents is 1. The first-order chi connectivity index (χ1) is 9.29. The Morgan fingerprint density at radius 1 is 1.05 bits per heavy atom. The van der Waals surface area contributed by atoms with Crippen molar-refractivity contribution in [2.75, 3.05) is 4.72 Å². The van der Waals surface area contributed by atoms with Crippen LogP contribution in [0.2, 0.25) is 10.0 Å². The van der Waals surface area contributed by atoms with Gasteiger partial charge in [-0.15, -0.1) is 0 Å². The van der Waals surface area contributed by atoms with Gasteiger partial charge >= 0.3 is 0 Å². The summed E-state index contributed by atoms with van der Waals surface area (Å²) in [6.45, 7) is 0. The number of nitrogens with one attached hydrogen (secondary N) is 1. The number of sulfonamides is 1. The highest BCUT2D eigenvalue weighted by atomic mass is 79.9. The van der Waals surface area contributed by atoms with Crippen molar-refractivity contribution in [1.82, 2.24) is 0 Å². The molecule has 0 aromatic heterocycles. The number of anilines is 1. The molecule has 4 nitrogen and oxygen atoms in total. The Morgan fingerprint density at radius 2 is 1.70 bits per heavy atom. The van der Waals surface area contributed by atoms with Crippen LogP contribution in [-0.2, 0) is 10.0 Å². The second-order valence-electron chi connectivity index (χ2n) is 3.85. The molecule has 0 atom stereocenters. The molecule has 20 heavy (non-hydrogen) atoms. The fraction of sp³-hybridized carbons (Fsp3) is 0. The van der Waals surface area contributed by atoms with Gasteiger partial charge in [0.2, 0.25) is 0 Å². The maximum atomic E-state index is 12.2. The summed E-state index contributed by atoms with van der Waals surface area (Å²) in [5, 5.41) is 10.0. The molecule has 0 aliphatic carbocycles. The Morgan fingerprint density at radius 3 is 2.30 bits per heavy atom. The molecule has 0 heterocycles. The van der Waals surface area contributed by atoms with Crippen molar-refractivity contribution in [1.29, 1.82) is 0 Å². The van der Waals surface area contributed by atoms with E-state index in [4.69, 9.17) is 23.2 Å². The van der Waals surface area contributed by atoms with E-state index in [1.54, 1.807) is 0 Å². The molecular weight excluding hydrogens is 389 g/mol. The van der Waals surface area contributed by atoms with Gasteiger partial charge < -0.3 is 5.11 Å². The van der Waals surface area contributed by atoms with Gasteiger partial charge in [-0.3, -0.25) is 4.72 Å². The molecular formula is C12H8BrCl2NO3S. The minimum absolute atomic E-state index is 0.0446. The Kier molecular flexibility index (Phi) is 4.49. The molecule has 0 radical (unpaired) electrons. The highest BCUT2D eigenvalue weighted by Gasteiger charge is 2.16. The predicted molar refractivity (Wildman–Crippen MR) is 83.1 cm³/mol. The van der Waals surface area contributed by atoms with Crippen LogP contribution in [0.4, 0.5) is 5.69 Å². The van der Waals surface area contributed by atoms with Gasteiger partial charge in [-0.2, -0.15) is 0 Å². The fourth-order valence-electron chi connectivity index (χ4n) is 1.43. The van der Waals surface area contributed by atoms with E-state index in [-0.39, 0.29) is 21.4 Å². The lowest BCUT2D eigenvalue weighted by molar-refractivity contribution is 0.476. The van der Waals surface area contributed by atoms with E-state index in [0.29, 0.717) is 9.50 Å². The van der Waals surface area contributed by atoms with E-state index in [1.807, 2.05) is 0 Å². The van der Waals surface area contributed by atoms with Crippen molar-refractivity contribution in [3.05, 3.63) is 50.9 Å². The molecule has 0 amide bonds. The normalized spacial score (nSPS) is 11.3. The summed E-state index contributed by atoms with van der Waals surface area (Å²) >= 11 is 14.6. The van der Waals surface area contributed by atoms with Crippen LogP contribution in [0, 0.1) is 0 Å². The molecule has 0 aliphatic rings. The maximum absolute atomic E-state index is 12.2. The summed E-state index contributed by atoms with van der Waals surface area (Å²) in [5.41, 5.74) is 0.206. The van der Waals surface area contributed by atoms with Crippen molar-refractivity contribution in [3.63, 3.8) is 0 Å². The van der Waals surface area contributed by atoms with Crippen LogP contribution in [0.3, 0.4) is 0 Å². The monoisotopic (exact) mass is 395 g/mol. The van der Waals surface area contributed by atoms with E-state index >= 15 is 0 Å². The molecule has 2 N–H and O–H groups in total. The molecule has 0 saturated carbocycles. The minimum atomic E-state index is -3.78. The van der Waals surface area contributed by atoms with Crippen LogP contribution >= 0.6 is 39.1 Å². The summed E-state index contributed by atoms with van der Waals surface area (Å²) in [4.78, 5) is 0.0446. The molecule has 0 bridgehead atoms. The zero-order valence-electron chi connectivity index (χ0n) is 9.77. The third-order valence-corrected chi connectivity index (χ3v) is 5.31. The third-order valence-electron chi connectivity index (χ3n) is 2.40. The van der Waals surface area contributed by atoms with Crippen LogP contribution < -0.4 is 4.72 Å². The van der Waals surface area contributed by atoms with E-state index in [0.717, 1.165) is 0 Å². The van der Waals surface area contributed by atoms with Gasteiger partial charge in [-0.1, -0.05) is 23.2 Å². The first kappa shape index (κ1) is 15.4.